The van der Waals surface area contributed by atoms with Gasteiger partial charge in [-0.1, -0.05) is 0 Å². The lowest BCUT2D eigenvalue weighted by molar-refractivity contribution is -0.384. The number of nitro groups is 1. The maximum absolute atomic E-state index is 10.7. The highest BCUT2D eigenvalue weighted by molar-refractivity contribution is 7.13. The number of non-ortho nitro benzene ring substituents is 1. The molecule has 0 aliphatic carbocycles. The van der Waals surface area contributed by atoms with E-state index >= 15 is 0 Å². The number of benzene rings is 1. The molecule has 1 aliphatic heterocycles. The fraction of sp³-hybridized carbons (Fsp3) is 0.438. The Morgan fingerprint density at radius 3 is 2.87 bits per heavy atom. The molecule has 122 valence electrons. The molecule has 6 nitrogen and oxygen atoms in total. The normalized spacial score (nSPS) is 14.2. The van der Waals surface area contributed by atoms with Gasteiger partial charge in [-0.25, -0.2) is 4.98 Å². The molecule has 2 heterocycles. The van der Waals surface area contributed by atoms with E-state index in [9.17, 15) is 10.1 Å². The van der Waals surface area contributed by atoms with E-state index in [0.717, 1.165) is 48.1 Å². The molecule has 0 amide bonds. The summed E-state index contributed by atoms with van der Waals surface area (Å²) in [7, 11) is 0. The number of nitrogens with one attached hydrogen (secondary N) is 1. The quantitative estimate of drug-likeness (QED) is 0.646. The highest BCUT2D eigenvalue weighted by atomic mass is 32.1. The number of hydrogen-bond acceptors (Lipinski definition) is 6. The summed E-state index contributed by atoms with van der Waals surface area (Å²) < 4.78 is 0. The molecular weight excluding hydrogens is 312 g/mol. The molecule has 1 aliphatic rings. The first kappa shape index (κ1) is 15.7. The molecule has 2 aromatic rings. The Labute approximate surface area is 139 Å². The third kappa shape index (κ3) is 3.79. The monoisotopic (exact) mass is 332 g/mol. The Morgan fingerprint density at radius 1 is 1.39 bits per heavy atom. The van der Waals surface area contributed by atoms with Crippen LogP contribution >= 0.6 is 11.3 Å². The fourth-order valence-electron chi connectivity index (χ4n) is 2.75. The Balaban J connectivity index is 1.54. The van der Waals surface area contributed by atoms with Crippen LogP contribution in [-0.4, -0.2) is 29.5 Å². The maximum atomic E-state index is 10.7. The number of thiazole rings is 1. The minimum absolute atomic E-state index is 0.128. The standard InChI is InChI=1S/C16H20N4O2S/c1-12-10-14(20(21)22)4-5-15(12)17-7-6-13-11-23-16(18-13)19-8-2-3-9-19/h4-5,10-11,17H,2-3,6-9H2,1H3. The van der Waals surface area contributed by atoms with Gasteiger partial charge in [-0.2, -0.15) is 0 Å². The lowest BCUT2D eigenvalue weighted by atomic mass is 10.1. The van der Waals surface area contributed by atoms with Crippen molar-refractivity contribution in [3.63, 3.8) is 0 Å². The Kier molecular flexibility index (Phi) is 4.76. The van der Waals surface area contributed by atoms with Crippen molar-refractivity contribution in [2.24, 2.45) is 0 Å². The molecule has 7 heteroatoms. The van der Waals surface area contributed by atoms with E-state index in [2.05, 4.69) is 15.6 Å². The van der Waals surface area contributed by atoms with Crippen LogP contribution in [0.3, 0.4) is 0 Å². The number of nitro benzene ring substituents is 1. The molecule has 0 radical (unpaired) electrons. The summed E-state index contributed by atoms with van der Waals surface area (Å²) in [5.41, 5.74) is 3.05. The van der Waals surface area contributed by atoms with E-state index < -0.39 is 0 Å². The smallest absolute Gasteiger partial charge is 0.269 e. The van der Waals surface area contributed by atoms with E-state index in [1.165, 1.54) is 18.9 Å². The minimum atomic E-state index is -0.369. The Bertz CT molecular complexity index is 695. The predicted octanol–water partition coefficient (Wildman–Crippen LogP) is 3.61. The van der Waals surface area contributed by atoms with Crippen LogP contribution in [-0.2, 0) is 6.42 Å². The van der Waals surface area contributed by atoms with Crippen molar-refractivity contribution in [2.45, 2.75) is 26.2 Å². The number of anilines is 2. The topological polar surface area (TPSA) is 71.3 Å². The van der Waals surface area contributed by atoms with Gasteiger partial charge >= 0.3 is 0 Å². The number of hydrogen-bond donors (Lipinski definition) is 1. The first-order chi connectivity index (χ1) is 11.1. The van der Waals surface area contributed by atoms with E-state index in [1.54, 1.807) is 23.5 Å². The van der Waals surface area contributed by atoms with Crippen molar-refractivity contribution in [1.29, 1.82) is 0 Å². The van der Waals surface area contributed by atoms with Crippen molar-refractivity contribution in [1.82, 2.24) is 4.98 Å². The SMILES string of the molecule is Cc1cc([N+](=O)[O-])ccc1NCCc1csc(N2CCCC2)n1. The first-order valence-corrected chi connectivity index (χ1v) is 8.70. The summed E-state index contributed by atoms with van der Waals surface area (Å²) in [6.07, 6.45) is 3.37. The largest absolute Gasteiger partial charge is 0.384 e. The van der Waals surface area contributed by atoms with Crippen molar-refractivity contribution < 1.29 is 4.92 Å². The molecule has 1 aromatic carbocycles. The van der Waals surface area contributed by atoms with Crippen molar-refractivity contribution >= 4 is 27.8 Å². The second-order valence-corrected chi connectivity index (χ2v) is 6.59. The van der Waals surface area contributed by atoms with Crippen molar-refractivity contribution in [3.05, 3.63) is 45.0 Å². The summed E-state index contributed by atoms with van der Waals surface area (Å²) in [5.74, 6) is 0. The average molecular weight is 332 g/mol. The third-order valence-electron chi connectivity index (χ3n) is 4.03. The second kappa shape index (κ2) is 6.95. The number of aryl methyl sites for hydroxylation is 1. The van der Waals surface area contributed by atoms with Gasteiger partial charge in [0.05, 0.1) is 10.6 Å². The van der Waals surface area contributed by atoms with Gasteiger partial charge < -0.3 is 10.2 Å². The first-order valence-electron chi connectivity index (χ1n) is 7.82. The third-order valence-corrected chi connectivity index (χ3v) is 4.98. The van der Waals surface area contributed by atoms with Gasteiger partial charge in [0.2, 0.25) is 0 Å². The van der Waals surface area contributed by atoms with Crippen LogP contribution in [0.1, 0.15) is 24.1 Å². The lowest BCUT2D eigenvalue weighted by Crippen LogP contribution is -2.17. The Hall–Kier alpha value is -2.15. The summed E-state index contributed by atoms with van der Waals surface area (Å²) in [6, 6.07) is 4.89. The summed E-state index contributed by atoms with van der Waals surface area (Å²) in [4.78, 5) is 17.4. The van der Waals surface area contributed by atoms with Crippen LogP contribution in [0.2, 0.25) is 0 Å². The molecule has 1 saturated heterocycles. The average Bonchev–Trinajstić information content (AvgIpc) is 3.19. The molecular formula is C16H20N4O2S. The molecule has 1 fully saturated rings. The van der Waals surface area contributed by atoms with Crippen LogP contribution < -0.4 is 10.2 Å². The molecule has 1 N–H and O–H groups in total. The molecule has 1 aromatic heterocycles. The predicted molar refractivity (Wildman–Crippen MR) is 93.6 cm³/mol. The second-order valence-electron chi connectivity index (χ2n) is 5.75. The Morgan fingerprint density at radius 2 is 2.17 bits per heavy atom. The van der Waals surface area contributed by atoms with Crippen LogP contribution in [0.25, 0.3) is 0 Å². The van der Waals surface area contributed by atoms with Crippen LogP contribution in [0, 0.1) is 17.0 Å². The highest BCUT2D eigenvalue weighted by Gasteiger charge is 2.15. The van der Waals surface area contributed by atoms with E-state index in [0.29, 0.717) is 0 Å². The molecule has 0 atom stereocenters. The maximum Gasteiger partial charge on any atom is 0.269 e. The van der Waals surface area contributed by atoms with Gasteiger partial charge in [-0.15, -0.1) is 11.3 Å². The molecule has 23 heavy (non-hydrogen) atoms. The number of aromatic nitrogens is 1. The molecule has 3 rings (SSSR count). The van der Waals surface area contributed by atoms with Gasteiger partial charge in [0, 0.05) is 49.3 Å². The fourth-order valence-corrected chi connectivity index (χ4v) is 3.66. The molecule has 0 saturated carbocycles. The van der Waals surface area contributed by atoms with Crippen LogP contribution in [0.15, 0.2) is 23.6 Å². The van der Waals surface area contributed by atoms with Gasteiger partial charge in [0.25, 0.3) is 5.69 Å². The van der Waals surface area contributed by atoms with Crippen molar-refractivity contribution in [2.75, 3.05) is 29.9 Å². The minimum Gasteiger partial charge on any atom is -0.384 e. The lowest BCUT2D eigenvalue weighted by Gasteiger charge is -2.12. The van der Waals surface area contributed by atoms with Gasteiger partial charge in [0.1, 0.15) is 0 Å². The number of rotatable bonds is 6. The van der Waals surface area contributed by atoms with E-state index in [4.69, 9.17) is 4.98 Å². The van der Waals surface area contributed by atoms with Gasteiger partial charge in [-0.3, -0.25) is 10.1 Å². The van der Waals surface area contributed by atoms with Crippen LogP contribution in [0.4, 0.5) is 16.5 Å². The van der Waals surface area contributed by atoms with E-state index in [-0.39, 0.29) is 10.6 Å². The molecule has 0 bridgehead atoms. The zero-order valence-electron chi connectivity index (χ0n) is 13.1. The highest BCUT2D eigenvalue weighted by Crippen LogP contribution is 2.25. The molecule has 0 unspecified atom stereocenters. The summed E-state index contributed by atoms with van der Waals surface area (Å²) in [6.45, 7) is 4.88. The summed E-state index contributed by atoms with van der Waals surface area (Å²) in [5, 5.41) is 17.3. The summed E-state index contributed by atoms with van der Waals surface area (Å²) >= 11 is 1.71. The van der Waals surface area contributed by atoms with Crippen molar-refractivity contribution in [3.8, 4) is 0 Å². The zero-order valence-corrected chi connectivity index (χ0v) is 13.9. The van der Waals surface area contributed by atoms with Gasteiger partial charge in [0.15, 0.2) is 5.13 Å². The van der Waals surface area contributed by atoms with Crippen LogP contribution in [0.5, 0.6) is 0 Å². The zero-order chi connectivity index (χ0) is 16.2. The number of nitrogens with zero attached hydrogens (tertiary/aromatic N) is 3. The van der Waals surface area contributed by atoms with Gasteiger partial charge in [-0.05, 0) is 31.4 Å². The molecule has 0 spiro atoms. The van der Waals surface area contributed by atoms with E-state index in [1.807, 2.05) is 6.92 Å².